The summed E-state index contributed by atoms with van der Waals surface area (Å²) in [6.45, 7) is 7.31. The number of carbonyl (C=O) groups is 1. The van der Waals surface area contributed by atoms with E-state index in [0.717, 1.165) is 16.8 Å². The maximum Gasteiger partial charge on any atom is 0.322 e. The standard InChI is InChI=1S/C26H34N4O4/c1-6-22(24-27-21-13-8-7-12-20(21)25(31)30(24)15-17-34-5)29(14-16-33-4)26(32)28-23-18(2)10-9-11-19(23)3/h7-13,22H,6,14-17H2,1-5H3,(H,28,32). The number of aryl methyl sites for hydroxylation is 2. The molecular weight excluding hydrogens is 432 g/mol. The van der Waals surface area contributed by atoms with Crippen LogP contribution in [0.5, 0.6) is 0 Å². The zero-order valence-corrected chi connectivity index (χ0v) is 20.6. The second kappa shape index (κ2) is 11.8. The van der Waals surface area contributed by atoms with Gasteiger partial charge in [0.2, 0.25) is 0 Å². The number of nitrogens with one attached hydrogen (secondary N) is 1. The average molecular weight is 467 g/mol. The topological polar surface area (TPSA) is 85.7 Å². The van der Waals surface area contributed by atoms with Crippen LogP contribution in [0.1, 0.15) is 36.3 Å². The molecule has 0 spiro atoms. The van der Waals surface area contributed by atoms with Gasteiger partial charge >= 0.3 is 6.03 Å². The molecule has 0 aliphatic heterocycles. The summed E-state index contributed by atoms with van der Waals surface area (Å²) in [4.78, 5) is 33.5. The van der Waals surface area contributed by atoms with E-state index in [0.29, 0.717) is 49.5 Å². The van der Waals surface area contributed by atoms with Crippen molar-refractivity contribution in [2.75, 3.05) is 39.3 Å². The number of anilines is 1. The molecule has 2 amide bonds. The molecule has 2 aromatic carbocycles. The molecule has 8 nitrogen and oxygen atoms in total. The van der Waals surface area contributed by atoms with Gasteiger partial charge in [0.1, 0.15) is 5.82 Å². The summed E-state index contributed by atoms with van der Waals surface area (Å²) in [7, 11) is 3.20. The third-order valence-corrected chi connectivity index (χ3v) is 5.98. The van der Waals surface area contributed by atoms with E-state index in [1.54, 1.807) is 29.8 Å². The molecule has 3 rings (SSSR count). The third-order valence-electron chi connectivity index (χ3n) is 5.98. The number of para-hydroxylation sites is 2. The van der Waals surface area contributed by atoms with Crippen LogP contribution in [0.2, 0.25) is 0 Å². The summed E-state index contributed by atoms with van der Waals surface area (Å²) in [6, 6.07) is 12.5. The average Bonchev–Trinajstić information content (AvgIpc) is 2.83. The molecule has 0 saturated heterocycles. The van der Waals surface area contributed by atoms with Crippen LogP contribution >= 0.6 is 0 Å². The van der Waals surface area contributed by atoms with Crippen molar-refractivity contribution in [1.29, 1.82) is 0 Å². The summed E-state index contributed by atoms with van der Waals surface area (Å²) in [6.07, 6.45) is 0.571. The first-order valence-corrected chi connectivity index (χ1v) is 11.5. The SMILES string of the molecule is CCC(c1nc2ccccc2c(=O)n1CCOC)N(CCOC)C(=O)Nc1c(C)cccc1C. The lowest BCUT2D eigenvalue weighted by Crippen LogP contribution is -2.43. The smallest absolute Gasteiger partial charge is 0.322 e. The number of methoxy groups -OCH3 is 2. The van der Waals surface area contributed by atoms with Gasteiger partial charge in [-0.25, -0.2) is 9.78 Å². The number of urea groups is 1. The fraction of sp³-hybridized carbons (Fsp3) is 0.423. The Morgan fingerprint density at radius 1 is 1.06 bits per heavy atom. The molecule has 1 unspecified atom stereocenters. The maximum atomic E-state index is 13.6. The van der Waals surface area contributed by atoms with Gasteiger partial charge in [0.25, 0.3) is 5.56 Å². The van der Waals surface area contributed by atoms with Crippen molar-refractivity contribution in [3.8, 4) is 0 Å². The van der Waals surface area contributed by atoms with Gasteiger partial charge in [0, 0.05) is 26.5 Å². The quantitative estimate of drug-likeness (QED) is 0.482. The highest BCUT2D eigenvalue weighted by molar-refractivity contribution is 5.91. The molecule has 1 heterocycles. The zero-order valence-electron chi connectivity index (χ0n) is 20.6. The Morgan fingerprint density at radius 3 is 2.38 bits per heavy atom. The molecule has 0 saturated carbocycles. The molecule has 1 atom stereocenters. The van der Waals surface area contributed by atoms with Crippen LogP contribution in [0.3, 0.4) is 0 Å². The predicted molar refractivity (Wildman–Crippen MR) is 134 cm³/mol. The lowest BCUT2D eigenvalue weighted by Gasteiger charge is -2.32. The van der Waals surface area contributed by atoms with Gasteiger partial charge in [-0.2, -0.15) is 0 Å². The lowest BCUT2D eigenvalue weighted by molar-refractivity contribution is 0.128. The number of benzene rings is 2. The number of nitrogens with zero attached hydrogens (tertiary/aromatic N) is 3. The fourth-order valence-electron chi connectivity index (χ4n) is 4.16. The predicted octanol–water partition coefficient (Wildman–Crippen LogP) is 4.29. The molecule has 3 aromatic rings. The van der Waals surface area contributed by atoms with E-state index < -0.39 is 6.04 Å². The van der Waals surface area contributed by atoms with Crippen LogP contribution in [0.25, 0.3) is 10.9 Å². The Labute approximate surface area is 200 Å². The first-order chi connectivity index (χ1) is 16.4. The van der Waals surface area contributed by atoms with Crippen LogP contribution in [-0.4, -0.2) is 54.5 Å². The Kier molecular flexibility index (Phi) is 8.79. The van der Waals surface area contributed by atoms with Crippen molar-refractivity contribution in [3.63, 3.8) is 0 Å². The van der Waals surface area contributed by atoms with Crippen LogP contribution in [0.15, 0.2) is 47.3 Å². The van der Waals surface area contributed by atoms with E-state index in [1.165, 1.54) is 0 Å². The highest BCUT2D eigenvalue weighted by Crippen LogP contribution is 2.26. The van der Waals surface area contributed by atoms with Crippen LogP contribution in [-0.2, 0) is 16.0 Å². The fourth-order valence-corrected chi connectivity index (χ4v) is 4.16. The van der Waals surface area contributed by atoms with E-state index in [4.69, 9.17) is 14.5 Å². The molecule has 1 aromatic heterocycles. The number of rotatable bonds is 10. The van der Waals surface area contributed by atoms with E-state index in [1.807, 2.05) is 57.2 Å². The minimum Gasteiger partial charge on any atom is -0.383 e. The summed E-state index contributed by atoms with van der Waals surface area (Å²) in [5.41, 5.74) is 3.21. The van der Waals surface area contributed by atoms with Gasteiger partial charge in [-0.15, -0.1) is 0 Å². The Bertz CT molecular complexity index is 1170. The molecule has 0 aliphatic rings. The van der Waals surface area contributed by atoms with E-state index in [-0.39, 0.29) is 11.6 Å². The van der Waals surface area contributed by atoms with Gasteiger partial charge in [-0.05, 0) is 43.5 Å². The highest BCUT2D eigenvalue weighted by Gasteiger charge is 2.29. The van der Waals surface area contributed by atoms with Gasteiger partial charge in [-0.1, -0.05) is 37.3 Å². The normalized spacial score (nSPS) is 12.0. The summed E-state index contributed by atoms with van der Waals surface area (Å²) < 4.78 is 12.2. The Morgan fingerprint density at radius 2 is 1.74 bits per heavy atom. The van der Waals surface area contributed by atoms with Crippen LogP contribution in [0.4, 0.5) is 10.5 Å². The molecule has 0 radical (unpaired) electrons. The van der Waals surface area contributed by atoms with Crippen molar-refractivity contribution in [2.45, 2.75) is 39.8 Å². The highest BCUT2D eigenvalue weighted by atomic mass is 16.5. The largest absolute Gasteiger partial charge is 0.383 e. The summed E-state index contributed by atoms with van der Waals surface area (Å²) >= 11 is 0. The van der Waals surface area contributed by atoms with Crippen LogP contribution < -0.4 is 10.9 Å². The van der Waals surface area contributed by atoms with Gasteiger partial charge in [-0.3, -0.25) is 9.36 Å². The second-order valence-electron chi connectivity index (χ2n) is 8.24. The van der Waals surface area contributed by atoms with Crippen molar-refractivity contribution >= 4 is 22.6 Å². The third kappa shape index (κ3) is 5.46. The lowest BCUT2D eigenvalue weighted by atomic mass is 10.1. The van der Waals surface area contributed by atoms with E-state index >= 15 is 0 Å². The number of amides is 2. The van der Waals surface area contributed by atoms with E-state index in [9.17, 15) is 9.59 Å². The molecule has 1 N–H and O–H groups in total. The number of hydrogen-bond acceptors (Lipinski definition) is 5. The molecule has 0 fully saturated rings. The molecule has 0 bridgehead atoms. The number of aromatic nitrogens is 2. The summed E-state index contributed by atoms with van der Waals surface area (Å²) in [5.74, 6) is 0.538. The van der Waals surface area contributed by atoms with Crippen molar-refractivity contribution in [1.82, 2.24) is 14.5 Å². The number of hydrogen-bond donors (Lipinski definition) is 1. The first-order valence-electron chi connectivity index (χ1n) is 11.5. The maximum absolute atomic E-state index is 13.6. The zero-order chi connectivity index (χ0) is 24.7. The van der Waals surface area contributed by atoms with Gasteiger partial charge in [0.15, 0.2) is 0 Å². The van der Waals surface area contributed by atoms with Gasteiger partial charge in [0.05, 0.1) is 36.7 Å². The first kappa shape index (κ1) is 25.4. The number of carbonyl (C=O) groups excluding carboxylic acids is 1. The minimum absolute atomic E-state index is 0.141. The van der Waals surface area contributed by atoms with Crippen LogP contribution in [0, 0.1) is 13.8 Å². The molecular formula is C26H34N4O4. The second-order valence-corrected chi connectivity index (χ2v) is 8.24. The van der Waals surface area contributed by atoms with E-state index in [2.05, 4.69) is 5.32 Å². The molecule has 8 heteroatoms. The molecule has 34 heavy (non-hydrogen) atoms. The minimum atomic E-state index is -0.436. The Balaban J connectivity index is 2.09. The monoisotopic (exact) mass is 466 g/mol. The van der Waals surface area contributed by atoms with Crippen molar-refractivity contribution < 1.29 is 14.3 Å². The molecule has 182 valence electrons. The molecule has 0 aliphatic carbocycles. The Hall–Kier alpha value is -3.23. The van der Waals surface area contributed by atoms with Crippen molar-refractivity contribution in [3.05, 3.63) is 69.8 Å². The number of fused-ring (bicyclic) bond motifs is 1. The number of ether oxygens (including phenoxy) is 2. The van der Waals surface area contributed by atoms with Gasteiger partial charge < -0.3 is 19.7 Å². The summed E-state index contributed by atoms with van der Waals surface area (Å²) in [5, 5.41) is 3.62. The van der Waals surface area contributed by atoms with Crippen molar-refractivity contribution in [2.24, 2.45) is 0 Å².